The van der Waals surface area contributed by atoms with E-state index in [0.717, 1.165) is 22.2 Å². The maximum absolute atomic E-state index is 14.3. The van der Waals surface area contributed by atoms with Gasteiger partial charge >= 0.3 is 0 Å². The summed E-state index contributed by atoms with van der Waals surface area (Å²) in [5.74, 6) is -0.305. The van der Waals surface area contributed by atoms with Crippen LogP contribution in [0.1, 0.15) is 5.69 Å². The summed E-state index contributed by atoms with van der Waals surface area (Å²) in [7, 11) is 0. The molecule has 114 valence electrons. The van der Waals surface area contributed by atoms with E-state index in [9.17, 15) is 9.50 Å². The molecule has 0 radical (unpaired) electrons. The summed E-state index contributed by atoms with van der Waals surface area (Å²) >= 11 is 6.12. The molecule has 0 saturated carbocycles. The topological polar surface area (TPSA) is 51.2 Å². The van der Waals surface area contributed by atoms with Gasteiger partial charge in [0.05, 0.1) is 6.61 Å². The number of benzene rings is 2. The second-order valence-corrected chi connectivity index (χ2v) is 5.48. The van der Waals surface area contributed by atoms with Gasteiger partial charge in [-0.3, -0.25) is 0 Å². The van der Waals surface area contributed by atoms with Crippen molar-refractivity contribution >= 4 is 22.5 Å². The third kappa shape index (κ3) is 2.39. The minimum atomic E-state index is -0.305. The van der Waals surface area contributed by atoms with Crippen LogP contribution in [0.4, 0.5) is 4.39 Å². The Morgan fingerprint density at radius 1 is 1.18 bits per heavy atom. The lowest BCUT2D eigenvalue weighted by Gasteiger charge is -2.09. The van der Waals surface area contributed by atoms with E-state index < -0.39 is 0 Å². The Bertz CT molecular complexity index is 829. The van der Waals surface area contributed by atoms with Crippen molar-refractivity contribution in [1.29, 1.82) is 0 Å². The first-order chi connectivity index (χ1) is 10.7. The Morgan fingerprint density at radius 3 is 2.64 bits per heavy atom. The van der Waals surface area contributed by atoms with E-state index in [-0.39, 0.29) is 19.0 Å². The third-order valence-electron chi connectivity index (χ3n) is 3.79. The van der Waals surface area contributed by atoms with E-state index in [2.05, 4.69) is 0 Å². The Balaban J connectivity index is 2.41. The number of nitrogens with zero attached hydrogens (tertiary/aromatic N) is 1. The van der Waals surface area contributed by atoms with Crippen LogP contribution < -0.4 is 5.73 Å². The summed E-state index contributed by atoms with van der Waals surface area (Å²) in [5.41, 5.74) is 8.82. The molecule has 3 N–H and O–H groups in total. The van der Waals surface area contributed by atoms with Crippen molar-refractivity contribution in [3.8, 4) is 11.1 Å². The van der Waals surface area contributed by atoms with Gasteiger partial charge in [0.1, 0.15) is 5.82 Å². The highest BCUT2D eigenvalue weighted by Gasteiger charge is 2.19. The molecule has 0 aliphatic heterocycles. The van der Waals surface area contributed by atoms with Gasteiger partial charge in [-0.25, -0.2) is 4.39 Å². The number of nitrogens with two attached hydrogens (primary N) is 1. The quantitative estimate of drug-likeness (QED) is 0.773. The van der Waals surface area contributed by atoms with Crippen LogP contribution >= 0.6 is 11.6 Å². The molecule has 1 heterocycles. The van der Waals surface area contributed by atoms with Crippen LogP contribution in [0.2, 0.25) is 5.02 Å². The molecular weight excluding hydrogens is 303 g/mol. The van der Waals surface area contributed by atoms with Crippen LogP contribution in [0, 0.1) is 5.82 Å². The molecule has 3 nitrogen and oxygen atoms in total. The van der Waals surface area contributed by atoms with Gasteiger partial charge in [0.15, 0.2) is 0 Å². The fraction of sp³-hybridized carbons (Fsp3) is 0.176. The smallest absolute Gasteiger partial charge is 0.131 e. The van der Waals surface area contributed by atoms with Crippen molar-refractivity contribution in [2.24, 2.45) is 5.73 Å². The third-order valence-corrected chi connectivity index (χ3v) is 4.03. The van der Waals surface area contributed by atoms with Crippen molar-refractivity contribution in [3.63, 3.8) is 0 Å². The SMILES string of the molecule is NCc1c(-c2ccccc2F)c2cc(Cl)ccc2n1CCO. The second-order valence-electron chi connectivity index (χ2n) is 5.04. The summed E-state index contributed by atoms with van der Waals surface area (Å²) < 4.78 is 16.2. The average molecular weight is 319 g/mol. The molecule has 3 aromatic rings. The minimum absolute atomic E-state index is 0.0177. The Labute approximate surface area is 132 Å². The van der Waals surface area contributed by atoms with Crippen LogP contribution in [0.15, 0.2) is 42.5 Å². The summed E-state index contributed by atoms with van der Waals surface area (Å²) in [6, 6.07) is 12.1. The van der Waals surface area contributed by atoms with E-state index >= 15 is 0 Å². The molecule has 0 saturated heterocycles. The zero-order chi connectivity index (χ0) is 15.7. The molecule has 0 aliphatic carbocycles. The fourth-order valence-corrected chi connectivity index (χ4v) is 3.08. The minimum Gasteiger partial charge on any atom is -0.395 e. The molecule has 22 heavy (non-hydrogen) atoms. The molecule has 0 bridgehead atoms. The number of hydrogen-bond donors (Lipinski definition) is 2. The van der Waals surface area contributed by atoms with Gasteiger partial charge in [0.2, 0.25) is 0 Å². The van der Waals surface area contributed by atoms with Crippen LogP contribution in [-0.4, -0.2) is 16.3 Å². The first-order valence-electron chi connectivity index (χ1n) is 7.03. The summed E-state index contributed by atoms with van der Waals surface area (Å²) in [6.45, 7) is 0.630. The van der Waals surface area contributed by atoms with Gasteiger partial charge in [0, 0.05) is 45.8 Å². The van der Waals surface area contributed by atoms with Crippen LogP contribution in [0.25, 0.3) is 22.0 Å². The van der Waals surface area contributed by atoms with Gasteiger partial charge in [-0.05, 0) is 24.3 Å². The Morgan fingerprint density at radius 2 is 1.95 bits per heavy atom. The molecule has 0 spiro atoms. The highest BCUT2D eigenvalue weighted by molar-refractivity contribution is 6.31. The molecule has 2 aromatic carbocycles. The van der Waals surface area contributed by atoms with E-state index in [1.807, 2.05) is 16.7 Å². The summed E-state index contributed by atoms with van der Waals surface area (Å²) in [5, 5.41) is 10.7. The Hall–Kier alpha value is -1.88. The monoisotopic (exact) mass is 318 g/mol. The maximum Gasteiger partial charge on any atom is 0.131 e. The molecule has 0 fully saturated rings. The first-order valence-corrected chi connectivity index (χ1v) is 7.41. The van der Waals surface area contributed by atoms with E-state index in [4.69, 9.17) is 17.3 Å². The van der Waals surface area contributed by atoms with Gasteiger partial charge in [0.25, 0.3) is 0 Å². The van der Waals surface area contributed by atoms with Gasteiger partial charge in [-0.15, -0.1) is 0 Å². The number of aliphatic hydroxyl groups excluding tert-OH is 1. The predicted molar refractivity (Wildman–Crippen MR) is 87.3 cm³/mol. The highest BCUT2D eigenvalue weighted by atomic mass is 35.5. The average Bonchev–Trinajstić information content (AvgIpc) is 2.81. The summed E-state index contributed by atoms with van der Waals surface area (Å²) in [4.78, 5) is 0. The van der Waals surface area contributed by atoms with E-state index in [0.29, 0.717) is 17.1 Å². The fourth-order valence-electron chi connectivity index (χ4n) is 2.91. The van der Waals surface area contributed by atoms with Crippen molar-refractivity contribution < 1.29 is 9.50 Å². The molecule has 3 rings (SSSR count). The largest absolute Gasteiger partial charge is 0.395 e. The zero-order valence-electron chi connectivity index (χ0n) is 11.9. The maximum atomic E-state index is 14.3. The van der Waals surface area contributed by atoms with E-state index in [1.54, 1.807) is 24.3 Å². The van der Waals surface area contributed by atoms with Crippen LogP contribution in [-0.2, 0) is 13.1 Å². The second kappa shape index (κ2) is 6.08. The van der Waals surface area contributed by atoms with Crippen molar-refractivity contribution in [1.82, 2.24) is 4.57 Å². The number of hydrogen-bond acceptors (Lipinski definition) is 2. The molecule has 0 aliphatic rings. The molecule has 5 heteroatoms. The number of halogens is 2. The Kier molecular flexibility index (Phi) is 4.16. The van der Waals surface area contributed by atoms with Crippen LogP contribution in [0.3, 0.4) is 0 Å². The first kappa shape index (κ1) is 15.0. The lowest BCUT2D eigenvalue weighted by molar-refractivity contribution is 0.276. The number of aromatic nitrogens is 1. The van der Waals surface area contributed by atoms with Gasteiger partial charge in [-0.2, -0.15) is 0 Å². The van der Waals surface area contributed by atoms with Crippen LogP contribution in [0.5, 0.6) is 0 Å². The number of fused-ring (bicyclic) bond motifs is 1. The summed E-state index contributed by atoms with van der Waals surface area (Å²) in [6.07, 6.45) is 0. The van der Waals surface area contributed by atoms with E-state index in [1.165, 1.54) is 6.07 Å². The molecule has 1 aromatic heterocycles. The normalized spacial score (nSPS) is 11.3. The lowest BCUT2D eigenvalue weighted by atomic mass is 10.0. The van der Waals surface area contributed by atoms with Crippen molar-refractivity contribution in [2.75, 3.05) is 6.61 Å². The zero-order valence-corrected chi connectivity index (χ0v) is 12.6. The van der Waals surface area contributed by atoms with Crippen molar-refractivity contribution in [3.05, 3.63) is 59.0 Å². The highest BCUT2D eigenvalue weighted by Crippen LogP contribution is 2.37. The number of rotatable bonds is 4. The molecule has 0 unspecified atom stereocenters. The molecule has 0 amide bonds. The van der Waals surface area contributed by atoms with Crippen molar-refractivity contribution in [2.45, 2.75) is 13.1 Å². The molecular formula is C17H16ClFN2O. The van der Waals surface area contributed by atoms with Gasteiger partial charge < -0.3 is 15.4 Å². The van der Waals surface area contributed by atoms with Gasteiger partial charge in [-0.1, -0.05) is 29.8 Å². The standard InChI is InChI=1S/C17H16ClFN2O/c18-11-5-6-15-13(9-11)17(12-3-1-2-4-14(12)19)16(10-20)21(15)7-8-22/h1-6,9,22H,7-8,10,20H2. The number of aliphatic hydroxyl groups is 1. The predicted octanol–water partition coefficient (Wildman–Crippen LogP) is 3.55. The lowest BCUT2D eigenvalue weighted by Crippen LogP contribution is -2.10. The molecule has 0 atom stereocenters.